The summed E-state index contributed by atoms with van der Waals surface area (Å²) in [4.78, 5) is 32.2. The van der Waals surface area contributed by atoms with Gasteiger partial charge in [0.1, 0.15) is 17.3 Å². The monoisotopic (exact) mass is 500 g/mol. The fourth-order valence-corrected chi connectivity index (χ4v) is 4.20. The van der Waals surface area contributed by atoms with E-state index < -0.39 is 17.7 Å². The van der Waals surface area contributed by atoms with E-state index in [1.807, 2.05) is 37.3 Å². The van der Waals surface area contributed by atoms with Crippen LogP contribution in [0.3, 0.4) is 0 Å². The van der Waals surface area contributed by atoms with Crippen molar-refractivity contribution in [3.8, 4) is 11.5 Å². The largest absolute Gasteiger partial charge is 0.507 e. The molecule has 192 valence electrons. The second kappa shape index (κ2) is 11.7. The minimum Gasteiger partial charge on any atom is -0.507 e. The molecule has 0 radical (unpaired) electrons. The molecule has 7 nitrogen and oxygen atoms in total. The zero-order chi connectivity index (χ0) is 26.4. The number of ether oxygens (including phenoxy) is 2. The predicted molar refractivity (Wildman–Crippen MR) is 141 cm³/mol. The molecular formula is C30H32N2O5. The van der Waals surface area contributed by atoms with Gasteiger partial charge in [-0.2, -0.15) is 0 Å². The molecule has 1 atom stereocenters. The van der Waals surface area contributed by atoms with Gasteiger partial charge < -0.3 is 19.5 Å². The van der Waals surface area contributed by atoms with Gasteiger partial charge in [0.25, 0.3) is 11.7 Å². The Kier molecular flexibility index (Phi) is 8.23. The number of Topliss-reactive ketones (excluding diaryl/α,β-unsaturated/α-hetero) is 1. The number of likely N-dealkylation sites (tertiary alicyclic amines) is 1. The highest BCUT2D eigenvalue weighted by atomic mass is 16.5. The van der Waals surface area contributed by atoms with Crippen LogP contribution in [0, 0.1) is 5.92 Å². The third-order valence-electron chi connectivity index (χ3n) is 5.97. The summed E-state index contributed by atoms with van der Waals surface area (Å²) in [6, 6.07) is 17.0. The number of nitrogens with zero attached hydrogens (tertiary/aromatic N) is 2. The molecule has 7 heteroatoms. The maximum absolute atomic E-state index is 13.3. The third-order valence-corrected chi connectivity index (χ3v) is 5.97. The number of benzene rings is 2. The van der Waals surface area contributed by atoms with Crippen molar-refractivity contribution in [2.75, 3.05) is 13.2 Å². The van der Waals surface area contributed by atoms with Crippen LogP contribution in [0.25, 0.3) is 5.76 Å². The third kappa shape index (κ3) is 6.00. The summed E-state index contributed by atoms with van der Waals surface area (Å²) in [6.07, 6.45) is 4.19. The van der Waals surface area contributed by atoms with Crippen LogP contribution in [-0.2, 0) is 16.1 Å². The van der Waals surface area contributed by atoms with Crippen LogP contribution in [0.2, 0.25) is 0 Å². The molecule has 3 aromatic rings. The van der Waals surface area contributed by atoms with Gasteiger partial charge in [0.05, 0.1) is 24.8 Å². The zero-order valence-electron chi connectivity index (χ0n) is 21.4. The smallest absolute Gasteiger partial charge is 0.295 e. The van der Waals surface area contributed by atoms with Crippen LogP contribution in [0.15, 0.2) is 78.6 Å². The summed E-state index contributed by atoms with van der Waals surface area (Å²) in [5.41, 5.74) is 1.92. The van der Waals surface area contributed by atoms with Crippen LogP contribution < -0.4 is 9.47 Å². The quantitative estimate of drug-likeness (QED) is 0.224. The first-order valence-corrected chi connectivity index (χ1v) is 12.5. The number of ketones is 1. The Bertz CT molecular complexity index is 1270. The number of pyridine rings is 1. The van der Waals surface area contributed by atoms with Crippen molar-refractivity contribution in [1.29, 1.82) is 0 Å². The van der Waals surface area contributed by atoms with E-state index in [0.29, 0.717) is 41.8 Å². The maximum atomic E-state index is 13.3. The Morgan fingerprint density at radius 1 is 1.03 bits per heavy atom. The van der Waals surface area contributed by atoms with Crippen molar-refractivity contribution in [2.45, 2.75) is 39.8 Å². The van der Waals surface area contributed by atoms with E-state index in [-0.39, 0.29) is 17.9 Å². The number of hydrogen-bond donors (Lipinski definition) is 1. The van der Waals surface area contributed by atoms with Gasteiger partial charge in [-0.05, 0) is 65.9 Å². The van der Waals surface area contributed by atoms with E-state index in [4.69, 9.17) is 9.47 Å². The van der Waals surface area contributed by atoms with E-state index in [9.17, 15) is 14.7 Å². The van der Waals surface area contributed by atoms with Crippen molar-refractivity contribution in [1.82, 2.24) is 9.88 Å². The second-order valence-electron chi connectivity index (χ2n) is 9.44. The first-order chi connectivity index (χ1) is 17.9. The molecule has 1 amide bonds. The molecule has 2 aromatic carbocycles. The lowest BCUT2D eigenvalue weighted by Crippen LogP contribution is -2.29. The number of hydrogen-bond acceptors (Lipinski definition) is 6. The van der Waals surface area contributed by atoms with Gasteiger partial charge in [-0.1, -0.05) is 39.0 Å². The first kappa shape index (κ1) is 25.9. The van der Waals surface area contributed by atoms with Gasteiger partial charge in [0.15, 0.2) is 0 Å². The fraction of sp³-hybridized carbons (Fsp3) is 0.300. The molecule has 1 unspecified atom stereocenters. The molecule has 0 spiro atoms. The number of rotatable bonds is 10. The minimum absolute atomic E-state index is 0.0390. The fourth-order valence-electron chi connectivity index (χ4n) is 4.20. The Morgan fingerprint density at radius 3 is 2.49 bits per heavy atom. The Balaban J connectivity index is 1.77. The number of aromatic nitrogens is 1. The Labute approximate surface area is 217 Å². The number of aliphatic hydroxyl groups is 1. The summed E-state index contributed by atoms with van der Waals surface area (Å²) in [7, 11) is 0. The molecular weight excluding hydrogens is 468 g/mol. The highest BCUT2D eigenvalue weighted by molar-refractivity contribution is 6.46. The summed E-state index contributed by atoms with van der Waals surface area (Å²) >= 11 is 0. The average molecular weight is 501 g/mol. The van der Waals surface area contributed by atoms with E-state index in [1.54, 1.807) is 42.7 Å². The molecule has 1 fully saturated rings. The number of carbonyl (C=O) groups excluding carboxylic acids is 2. The van der Waals surface area contributed by atoms with E-state index in [2.05, 4.69) is 18.8 Å². The van der Waals surface area contributed by atoms with Gasteiger partial charge >= 0.3 is 0 Å². The van der Waals surface area contributed by atoms with Gasteiger partial charge in [-0.25, -0.2) is 0 Å². The normalized spacial score (nSPS) is 16.9. The van der Waals surface area contributed by atoms with E-state index >= 15 is 0 Å². The summed E-state index contributed by atoms with van der Waals surface area (Å²) in [5.74, 6) is 0.00677. The van der Waals surface area contributed by atoms with E-state index in [0.717, 1.165) is 12.0 Å². The molecule has 4 rings (SSSR count). The Hall–Kier alpha value is -4.13. The molecule has 1 aliphatic heterocycles. The van der Waals surface area contributed by atoms with E-state index in [1.165, 1.54) is 4.90 Å². The molecule has 2 heterocycles. The van der Waals surface area contributed by atoms with Gasteiger partial charge in [-0.3, -0.25) is 14.6 Å². The van der Waals surface area contributed by atoms with Crippen LogP contribution in [-0.4, -0.2) is 39.9 Å². The van der Waals surface area contributed by atoms with Crippen LogP contribution in [0.1, 0.15) is 49.9 Å². The standard InChI is InChI=1S/C30H32N2O5/c1-4-15-36-24-12-10-22(11-13-24)28(33)26-27(23-8-5-9-25(16-23)37-19-20(2)3)32(30(35)29(26)34)18-21-7-6-14-31-17-21/h5-14,16-17,20,27,33H,4,15,18-19H2,1-3H3/b28-26-. The number of aliphatic hydroxyl groups excluding tert-OH is 1. The molecule has 1 aliphatic rings. The summed E-state index contributed by atoms with van der Waals surface area (Å²) < 4.78 is 11.5. The van der Waals surface area contributed by atoms with Crippen molar-refractivity contribution in [3.63, 3.8) is 0 Å². The van der Waals surface area contributed by atoms with Gasteiger partial charge in [0.2, 0.25) is 0 Å². The van der Waals surface area contributed by atoms with Crippen molar-refractivity contribution in [3.05, 3.63) is 95.3 Å². The minimum atomic E-state index is -0.793. The maximum Gasteiger partial charge on any atom is 0.295 e. The molecule has 37 heavy (non-hydrogen) atoms. The second-order valence-corrected chi connectivity index (χ2v) is 9.44. The van der Waals surface area contributed by atoms with Crippen LogP contribution in [0.4, 0.5) is 0 Å². The molecule has 1 N–H and O–H groups in total. The summed E-state index contributed by atoms with van der Waals surface area (Å²) in [6.45, 7) is 7.43. The molecule has 0 aliphatic carbocycles. The molecule has 1 saturated heterocycles. The molecule has 1 aromatic heterocycles. The SMILES string of the molecule is CCCOc1ccc(/C(O)=C2/C(=O)C(=O)N(Cc3cccnc3)C2c2cccc(OCC(C)C)c2)cc1. The zero-order valence-corrected chi connectivity index (χ0v) is 21.4. The van der Waals surface area contributed by atoms with Crippen molar-refractivity contribution in [2.24, 2.45) is 5.92 Å². The van der Waals surface area contributed by atoms with Crippen molar-refractivity contribution < 1.29 is 24.2 Å². The molecule has 0 saturated carbocycles. The summed E-state index contributed by atoms with van der Waals surface area (Å²) in [5, 5.41) is 11.3. The van der Waals surface area contributed by atoms with Gasteiger partial charge in [-0.15, -0.1) is 0 Å². The van der Waals surface area contributed by atoms with Crippen LogP contribution in [0.5, 0.6) is 11.5 Å². The average Bonchev–Trinajstić information content (AvgIpc) is 3.16. The Morgan fingerprint density at radius 2 is 1.81 bits per heavy atom. The lowest BCUT2D eigenvalue weighted by atomic mass is 9.95. The van der Waals surface area contributed by atoms with Gasteiger partial charge in [0, 0.05) is 24.5 Å². The molecule has 0 bridgehead atoms. The van der Waals surface area contributed by atoms with Crippen molar-refractivity contribution >= 4 is 17.4 Å². The lowest BCUT2D eigenvalue weighted by Gasteiger charge is -2.25. The first-order valence-electron chi connectivity index (χ1n) is 12.5. The highest BCUT2D eigenvalue weighted by Crippen LogP contribution is 2.41. The topological polar surface area (TPSA) is 89.0 Å². The highest BCUT2D eigenvalue weighted by Gasteiger charge is 2.46. The lowest BCUT2D eigenvalue weighted by molar-refractivity contribution is -0.140. The number of carbonyl (C=O) groups is 2. The van der Waals surface area contributed by atoms with Crippen LogP contribution >= 0.6 is 0 Å². The predicted octanol–water partition coefficient (Wildman–Crippen LogP) is 5.53. The number of amides is 1.